The van der Waals surface area contributed by atoms with Gasteiger partial charge in [0.15, 0.2) is 0 Å². The highest BCUT2D eigenvalue weighted by atomic mass is 16.6. The minimum absolute atomic E-state index is 0.103. The number of furan rings is 1. The van der Waals surface area contributed by atoms with E-state index in [-0.39, 0.29) is 17.8 Å². The van der Waals surface area contributed by atoms with Crippen LogP contribution in [0.3, 0.4) is 0 Å². The Hall–Kier alpha value is -2.11. The summed E-state index contributed by atoms with van der Waals surface area (Å²) in [5.41, 5.74) is 1.40. The molecule has 0 radical (unpaired) electrons. The van der Waals surface area contributed by atoms with Gasteiger partial charge in [-0.25, -0.2) is 4.79 Å². The van der Waals surface area contributed by atoms with E-state index >= 15 is 0 Å². The van der Waals surface area contributed by atoms with Crippen LogP contribution in [0.1, 0.15) is 23.0 Å². The predicted octanol–water partition coefficient (Wildman–Crippen LogP) is -0.191. The van der Waals surface area contributed by atoms with Gasteiger partial charge >= 0.3 is 5.97 Å². The largest absolute Gasteiger partial charge is 0.457 e. The Morgan fingerprint density at radius 1 is 1.08 bits per heavy atom. The molecule has 2 N–H and O–H groups in total. The summed E-state index contributed by atoms with van der Waals surface area (Å²) in [6.45, 7) is 8.45. The quantitative estimate of drug-likeness (QED) is 0.722. The second-order valence-corrected chi connectivity index (χ2v) is 6.56. The molecule has 0 saturated carbocycles. The first-order chi connectivity index (χ1) is 11.7. The van der Waals surface area contributed by atoms with Crippen molar-refractivity contribution in [2.45, 2.75) is 19.6 Å². The SMILES string of the molecule is CC(C[NH+]1CC[NH+](Cc2ccccc2)CC1)OC(=O)c1ccco1. The lowest BCUT2D eigenvalue weighted by molar-refractivity contribution is -1.02. The van der Waals surface area contributed by atoms with Crippen molar-refractivity contribution in [1.82, 2.24) is 0 Å². The van der Waals surface area contributed by atoms with E-state index in [0.717, 1.165) is 39.3 Å². The number of piperazine rings is 1. The molecule has 1 aliphatic rings. The van der Waals surface area contributed by atoms with Gasteiger partial charge in [0.2, 0.25) is 5.76 Å². The van der Waals surface area contributed by atoms with E-state index in [9.17, 15) is 4.79 Å². The monoisotopic (exact) mass is 330 g/mol. The molecular formula is C19H26N2O3+2. The van der Waals surface area contributed by atoms with E-state index in [1.54, 1.807) is 17.0 Å². The molecule has 0 bridgehead atoms. The van der Waals surface area contributed by atoms with Gasteiger partial charge in [-0.2, -0.15) is 0 Å². The number of carbonyl (C=O) groups excluding carboxylic acids is 1. The van der Waals surface area contributed by atoms with E-state index in [0.29, 0.717) is 0 Å². The number of nitrogens with one attached hydrogen (secondary N) is 2. The fourth-order valence-electron chi connectivity index (χ4n) is 3.31. The van der Waals surface area contributed by atoms with Gasteiger partial charge in [-0.1, -0.05) is 30.3 Å². The second kappa shape index (κ2) is 8.13. The van der Waals surface area contributed by atoms with Crippen LogP contribution in [-0.2, 0) is 11.3 Å². The van der Waals surface area contributed by atoms with Crippen LogP contribution in [0.2, 0.25) is 0 Å². The van der Waals surface area contributed by atoms with E-state index < -0.39 is 0 Å². The fraction of sp³-hybridized carbons (Fsp3) is 0.421. The van der Waals surface area contributed by atoms with Crippen LogP contribution >= 0.6 is 0 Å². The van der Waals surface area contributed by atoms with E-state index in [2.05, 4.69) is 30.3 Å². The van der Waals surface area contributed by atoms with Crippen LogP contribution in [0.4, 0.5) is 0 Å². The molecule has 5 nitrogen and oxygen atoms in total. The van der Waals surface area contributed by atoms with Crippen molar-refractivity contribution in [3.8, 4) is 0 Å². The fourth-order valence-corrected chi connectivity index (χ4v) is 3.31. The third-order valence-corrected chi connectivity index (χ3v) is 4.57. The van der Waals surface area contributed by atoms with Crippen LogP contribution in [0.25, 0.3) is 0 Å². The smallest absolute Gasteiger partial charge is 0.374 e. The minimum Gasteiger partial charge on any atom is -0.457 e. The summed E-state index contributed by atoms with van der Waals surface area (Å²) in [5.74, 6) is -0.103. The second-order valence-electron chi connectivity index (χ2n) is 6.56. The molecule has 128 valence electrons. The van der Waals surface area contributed by atoms with E-state index in [1.165, 1.54) is 16.7 Å². The van der Waals surface area contributed by atoms with Gasteiger partial charge < -0.3 is 19.0 Å². The highest BCUT2D eigenvalue weighted by molar-refractivity contribution is 5.86. The predicted molar refractivity (Wildman–Crippen MR) is 90.0 cm³/mol. The molecule has 3 rings (SSSR count). The Balaban J connectivity index is 1.39. The first-order valence-electron chi connectivity index (χ1n) is 8.66. The zero-order valence-corrected chi connectivity index (χ0v) is 14.2. The normalized spacial score (nSPS) is 22.0. The number of quaternary nitrogens is 2. The minimum atomic E-state index is -0.375. The first kappa shape index (κ1) is 16.7. The lowest BCUT2D eigenvalue weighted by atomic mass is 10.2. The van der Waals surface area contributed by atoms with Crippen LogP contribution in [0, 0.1) is 0 Å². The molecule has 2 aromatic rings. The molecule has 1 fully saturated rings. The van der Waals surface area contributed by atoms with Crippen molar-refractivity contribution in [2.24, 2.45) is 0 Å². The number of rotatable bonds is 6. The van der Waals surface area contributed by atoms with Crippen molar-refractivity contribution in [3.63, 3.8) is 0 Å². The maximum Gasteiger partial charge on any atom is 0.374 e. The van der Waals surface area contributed by atoms with Gasteiger partial charge in [0, 0.05) is 5.56 Å². The third kappa shape index (κ3) is 4.69. The maximum atomic E-state index is 11.9. The standard InChI is InChI=1S/C19H24N2O3/c1-16(24-19(22)18-8-5-13-23-18)14-20-9-11-21(12-10-20)15-17-6-3-2-4-7-17/h2-8,13,16H,9-12,14-15H2,1H3/p+2. The van der Waals surface area contributed by atoms with Gasteiger partial charge in [-0.15, -0.1) is 0 Å². The molecule has 24 heavy (non-hydrogen) atoms. The Bertz CT molecular complexity index is 619. The van der Waals surface area contributed by atoms with Crippen molar-refractivity contribution in [3.05, 3.63) is 60.1 Å². The average molecular weight is 330 g/mol. The zero-order chi connectivity index (χ0) is 16.8. The molecule has 0 aliphatic carbocycles. The lowest BCUT2D eigenvalue weighted by Crippen LogP contribution is -3.28. The molecule has 0 amide bonds. The van der Waals surface area contributed by atoms with Crippen molar-refractivity contribution >= 4 is 5.97 Å². The van der Waals surface area contributed by atoms with Crippen molar-refractivity contribution in [2.75, 3.05) is 32.7 Å². The van der Waals surface area contributed by atoms with Gasteiger partial charge in [-0.3, -0.25) is 0 Å². The van der Waals surface area contributed by atoms with Gasteiger partial charge in [0.25, 0.3) is 0 Å². The Kier molecular flexibility index (Phi) is 5.67. The molecule has 0 spiro atoms. The highest BCUT2D eigenvalue weighted by Crippen LogP contribution is 2.04. The summed E-state index contributed by atoms with van der Waals surface area (Å²) in [7, 11) is 0. The van der Waals surface area contributed by atoms with E-state index in [4.69, 9.17) is 9.15 Å². The molecule has 1 unspecified atom stereocenters. The van der Waals surface area contributed by atoms with Crippen LogP contribution in [0.5, 0.6) is 0 Å². The Morgan fingerprint density at radius 3 is 2.46 bits per heavy atom. The van der Waals surface area contributed by atoms with Gasteiger partial charge in [0.05, 0.1) is 6.26 Å². The summed E-state index contributed by atoms with van der Waals surface area (Å²) in [6, 6.07) is 14.0. The number of hydrogen-bond acceptors (Lipinski definition) is 3. The lowest BCUT2D eigenvalue weighted by Gasteiger charge is -2.30. The highest BCUT2D eigenvalue weighted by Gasteiger charge is 2.26. The first-order valence-corrected chi connectivity index (χ1v) is 8.66. The average Bonchev–Trinajstić information content (AvgIpc) is 3.12. The molecule has 1 aromatic carbocycles. The number of ether oxygens (including phenoxy) is 1. The molecule has 1 aromatic heterocycles. The van der Waals surface area contributed by atoms with Crippen molar-refractivity contribution < 1.29 is 23.7 Å². The van der Waals surface area contributed by atoms with E-state index in [1.807, 2.05) is 6.92 Å². The summed E-state index contributed by atoms with van der Waals surface area (Å²) in [4.78, 5) is 15.0. The summed E-state index contributed by atoms with van der Waals surface area (Å²) < 4.78 is 10.5. The topological polar surface area (TPSA) is 48.3 Å². The Morgan fingerprint density at radius 2 is 1.79 bits per heavy atom. The number of benzene rings is 1. The van der Waals surface area contributed by atoms with Crippen LogP contribution in [-0.4, -0.2) is 44.8 Å². The van der Waals surface area contributed by atoms with Crippen LogP contribution < -0.4 is 9.80 Å². The molecule has 1 aliphatic heterocycles. The molecule has 5 heteroatoms. The van der Waals surface area contributed by atoms with Crippen LogP contribution in [0.15, 0.2) is 53.1 Å². The Labute approximate surface area is 142 Å². The molecular weight excluding hydrogens is 304 g/mol. The molecule has 1 atom stereocenters. The number of hydrogen-bond donors (Lipinski definition) is 2. The summed E-state index contributed by atoms with van der Waals surface area (Å²) in [5, 5.41) is 0. The van der Waals surface area contributed by atoms with Gasteiger partial charge in [-0.05, 0) is 19.1 Å². The zero-order valence-electron chi connectivity index (χ0n) is 14.2. The summed E-state index contributed by atoms with van der Waals surface area (Å²) >= 11 is 0. The van der Waals surface area contributed by atoms with Crippen molar-refractivity contribution in [1.29, 1.82) is 0 Å². The maximum absolute atomic E-state index is 11.9. The summed E-state index contributed by atoms with van der Waals surface area (Å²) in [6.07, 6.45) is 1.38. The molecule has 2 heterocycles. The number of carbonyl (C=O) groups is 1. The third-order valence-electron chi connectivity index (χ3n) is 4.57. The molecule has 1 saturated heterocycles. The van der Waals surface area contributed by atoms with Gasteiger partial charge in [0.1, 0.15) is 45.4 Å². The number of esters is 1.